The number of carbonyl (C=O) groups is 1. The number of thiazole rings is 1. The lowest BCUT2D eigenvalue weighted by Crippen LogP contribution is -2.30. The standard InChI is InChI=1S/C14H18N4OS/c1-4-18(10-7-5-6-9(2)8-10)13(19)11-12(15)17-14(16-3)20-11/h5-8H,4,15H2,1-3H3,(H,16,17). The molecule has 0 spiro atoms. The Hall–Kier alpha value is -2.08. The van der Waals surface area contributed by atoms with Gasteiger partial charge in [-0.05, 0) is 31.5 Å². The van der Waals surface area contributed by atoms with E-state index < -0.39 is 0 Å². The lowest BCUT2D eigenvalue weighted by molar-refractivity contribution is 0.0993. The predicted octanol–water partition coefficient (Wildman–Crippen LogP) is 2.74. The molecule has 1 amide bonds. The summed E-state index contributed by atoms with van der Waals surface area (Å²) in [5.41, 5.74) is 7.81. The van der Waals surface area contributed by atoms with E-state index in [1.165, 1.54) is 11.3 Å². The van der Waals surface area contributed by atoms with Gasteiger partial charge in [-0.25, -0.2) is 4.98 Å². The van der Waals surface area contributed by atoms with Crippen molar-refractivity contribution in [2.75, 3.05) is 29.5 Å². The van der Waals surface area contributed by atoms with Crippen molar-refractivity contribution in [1.82, 2.24) is 4.98 Å². The molecule has 0 radical (unpaired) electrons. The van der Waals surface area contributed by atoms with E-state index in [2.05, 4.69) is 10.3 Å². The van der Waals surface area contributed by atoms with Gasteiger partial charge in [0.2, 0.25) is 0 Å². The molecular weight excluding hydrogens is 272 g/mol. The fourth-order valence-corrected chi connectivity index (χ4v) is 2.74. The molecule has 1 heterocycles. The van der Waals surface area contributed by atoms with Gasteiger partial charge < -0.3 is 16.0 Å². The number of aryl methyl sites for hydroxylation is 1. The second kappa shape index (κ2) is 5.92. The van der Waals surface area contributed by atoms with Crippen molar-refractivity contribution in [1.29, 1.82) is 0 Å². The highest BCUT2D eigenvalue weighted by molar-refractivity contribution is 7.18. The molecule has 0 aliphatic heterocycles. The Morgan fingerprint density at radius 1 is 1.50 bits per heavy atom. The minimum atomic E-state index is -0.116. The highest BCUT2D eigenvalue weighted by Gasteiger charge is 2.22. The number of nitrogens with zero attached hydrogens (tertiary/aromatic N) is 2. The fraction of sp³-hybridized carbons (Fsp3) is 0.286. The quantitative estimate of drug-likeness (QED) is 0.908. The second-order valence-electron chi connectivity index (χ2n) is 4.37. The van der Waals surface area contributed by atoms with Gasteiger partial charge >= 0.3 is 0 Å². The van der Waals surface area contributed by atoms with Crippen LogP contribution in [0.2, 0.25) is 0 Å². The van der Waals surface area contributed by atoms with Crippen LogP contribution in [0.1, 0.15) is 22.2 Å². The number of hydrogen-bond donors (Lipinski definition) is 2. The van der Waals surface area contributed by atoms with Crippen LogP contribution >= 0.6 is 11.3 Å². The number of carbonyl (C=O) groups excluding carboxylic acids is 1. The molecule has 6 heteroatoms. The van der Waals surface area contributed by atoms with Crippen LogP contribution in [0, 0.1) is 6.92 Å². The molecule has 0 saturated carbocycles. The van der Waals surface area contributed by atoms with Gasteiger partial charge in [-0.15, -0.1) is 0 Å². The van der Waals surface area contributed by atoms with E-state index in [0.29, 0.717) is 16.6 Å². The maximum Gasteiger partial charge on any atom is 0.272 e. The van der Waals surface area contributed by atoms with E-state index in [1.807, 2.05) is 38.1 Å². The fourth-order valence-electron chi connectivity index (χ4n) is 1.95. The van der Waals surface area contributed by atoms with Gasteiger partial charge in [-0.2, -0.15) is 0 Å². The minimum absolute atomic E-state index is 0.116. The molecule has 0 aliphatic carbocycles. The summed E-state index contributed by atoms with van der Waals surface area (Å²) in [4.78, 5) is 18.9. The summed E-state index contributed by atoms with van der Waals surface area (Å²) in [6.07, 6.45) is 0. The number of rotatable bonds is 4. The summed E-state index contributed by atoms with van der Waals surface area (Å²) in [6, 6.07) is 7.85. The molecule has 0 atom stereocenters. The third kappa shape index (κ3) is 2.75. The van der Waals surface area contributed by atoms with Gasteiger partial charge in [0.15, 0.2) is 5.13 Å². The maximum absolute atomic E-state index is 12.6. The Labute approximate surface area is 122 Å². The van der Waals surface area contributed by atoms with Gasteiger partial charge in [-0.1, -0.05) is 23.5 Å². The first-order valence-corrected chi connectivity index (χ1v) is 7.21. The first-order chi connectivity index (χ1) is 9.56. The molecule has 1 aromatic heterocycles. The molecule has 1 aromatic carbocycles. The Morgan fingerprint density at radius 2 is 2.25 bits per heavy atom. The van der Waals surface area contributed by atoms with Crippen LogP contribution in [0.3, 0.4) is 0 Å². The van der Waals surface area contributed by atoms with E-state index in [0.717, 1.165) is 11.3 Å². The number of anilines is 3. The summed E-state index contributed by atoms with van der Waals surface area (Å²) in [6.45, 7) is 4.52. The SMILES string of the molecule is CCN(C(=O)c1sc(NC)nc1N)c1cccc(C)c1. The van der Waals surface area contributed by atoms with Crippen molar-refractivity contribution >= 4 is 33.9 Å². The predicted molar refractivity (Wildman–Crippen MR) is 84.6 cm³/mol. The Balaban J connectivity index is 2.36. The summed E-state index contributed by atoms with van der Waals surface area (Å²) < 4.78 is 0. The Kier molecular flexibility index (Phi) is 4.24. The molecule has 0 saturated heterocycles. The van der Waals surface area contributed by atoms with Crippen LogP contribution < -0.4 is 16.0 Å². The number of nitrogens with one attached hydrogen (secondary N) is 1. The van der Waals surface area contributed by atoms with E-state index >= 15 is 0 Å². The van der Waals surface area contributed by atoms with Crippen LogP contribution in [0.15, 0.2) is 24.3 Å². The normalized spacial score (nSPS) is 10.3. The van der Waals surface area contributed by atoms with E-state index in [9.17, 15) is 4.79 Å². The third-order valence-electron chi connectivity index (χ3n) is 2.94. The highest BCUT2D eigenvalue weighted by Crippen LogP contribution is 2.28. The monoisotopic (exact) mass is 290 g/mol. The smallest absolute Gasteiger partial charge is 0.272 e. The summed E-state index contributed by atoms with van der Waals surface area (Å²) in [5, 5.41) is 3.55. The molecule has 0 aliphatic rings. The number of hydrogen-bond acceptors (Lipinski definition) is 5. The lowest BCUT2D eigenvalue weighted by Gasteiger charge is -2.20. The highest BCUT2D eigenvalue weighted by atomic mass is 32.1. The zero-order chi connectivity index (χ0) is 14.7. The van der Waals surface area contributed by atoms with E-state index in [1.54, 1.807) is 11.9 Å². The Bertz CT molecular complexity index is 623. The largest absolute Gasteiger partial charge is 0.382 e. The van der Waals surface area contributed by atoms with Crippen molar-refractivity contribution in [3.8, 4) is 0 Å². The third-order valence-corrected chi connectivity index (χ3v) is 4.01. The van der Waals surface area contributed by atoms with Crippen LogP contribution in [-0.2, 0) is 0 Å². The van der Waals surface area contributed by atoms with Crippen molar-refractivity contribution in [3.05, 3.63) is 34.7 Å². The number of benzene rings is 1. The topological polar surface area (TPSA) is 71.2 Å². The zero-order valence-electron chi connectivity index (χ0n) is 11.8. The Morgan fingerprint density at radius 3 is 2.80 bits per heavy atom. The first-order valence-electron chi connectivity index (χ1n) is 6.39. The van der Waals surface area contributed by atoms with Crippen molar-refractivity contribution in [3.63, 3.8) is 0 Å². The summed E-state index contributed by atoms with van der Waals surface area (Å²) in [5.74, 6) is 0.157. The molecule has 106 valence electrons. The van der Waals surface area contributed by atoms with E-state index in [4.69, 9.17) is 5.73 Å². The molecule has 2 rings (SSSR count). The zero-order valence-corrected chi connectivity index (χ0v) is 12.6. The minimum Gasteiger partial charge on any atom is -0.382 e. The maximum atomic E-state index is 12.6. The number of nitrogens with two attached hydrogens (primary N) is 1. The lowest BCUT2D eigenvalue weighted by atomic mass is 10.2. The van der Waals surface area contributed by atoms with Crippen molar-refractivity contribution in [2.45, 2.75) is 13.8 Å². The molecule has 0 unspecified atom stereocenters. The molecule has 0 bridgehead atoms. The first kappa shape index (κ1) is 14.3. The van der Waals surface area contributed by atoms with E-state index in [-0.39, 0.29) is 11.7 Å². The number of nitrogen functional groups attached to an aromatic ring is 1. The number of amides is 1. The number of aromatic nitrogens is 1. The molecule has 2 aromatic rings. The average molecular weight is 290 g/mol. The van der Waals surface area contributed by atoms with Gasteiger partial charge in [0.25, 0.3) is 5.91 Å². The van der Waals surface area contributed by atoms with Crippen LogP contribution in [0.25, 0.3) is 0 Å². The van der Waals surface area contributed by atoms with Crippen LogP contribution in [0.4, 0.5) is 16.6 Å². The van der Waals surface area contributed by atoms with Crippen LogP contribution in [0.5, 0.6) is 0 Å². The van der Waals surface area contributed by atoms with Crippen molar-refractivity contribution < 1.29 is 4.79 Å². The molecular formula is C14H18N4OS. The van der Waals surface area contributed by atoms with Gasteiger partial charge in [0.1, 0.15) is 10.7 Å². The van der Waals surface area contributed by atoms with Gasteiger partial charge in [-0.3, -0.25) is 4.79 Å². The second-order valence-corrected chi connectivity index (χ2v) is 5.37. The van der Waals surface area contributed by atoms with Gasteiger partial charge in [0, 0.05) is 19.3 Å². The van der Waals surface area contributed by atoms with Gasteiger partial charge in [0.05, 0.1) is 0 Å². The molecule has 3 N–H and O–H groups in total. The molecule has 5 nitrogen and oxygen atoms in total. The summed E-state index contributed by atoms with van der Waals surface area (Å²) >= 11 is 1.27. The molecule has 20 heavy (non-hydrogen) atoms. The van der Waals surface area contributed by atoms with Crippen LogP contribution in [-0.4, -0.2) is 24.5 Å². The average Bonchev–Trinajstić information content (AvgIpc) is 2.81. The molecule has 0 fully saturated rings. The van der Waals surface area contributed by atoms with Crippen molar-refractivity contribution in [2.24, 2.45) is 0 Å². The summed E-state index contributed by atoms with van der Waals surface area (Å²) in [7, 11) is 1.75.